The highest BCUT2D eigenvalue weighted by atomic mass is 16.2. The smallest absolute Gasteiger partial charge is 0.259 e. The van der Waals surface area contributed by atoms with Crippen LogP contribution in [0.15, 0.2) is 65.9 Å². The van der Waals surface area contributed by atoms with Crippen LogP contribution in [0, 0.1) is 6.92 Å². The van der Waals surface area contributed by atoms with Crippen LogP contribution in [0.2, 0.25) is 0 Å². The highest BCUT2D eigenvalue weighted by molar-refractivity contribution is 6.00. The molecule has 0 aliphatic carbocycles. The van der Waals surface area contributed by atoms with Crippen LogP contribution in [-0.2, 0) is 4.79 Å². The molecule has 2 rings (SSSR count). The summed E-state index contributed by atoms with van der Waals surface area (Å²) in [4.78, 5) is 14.6. The number of nitrogens with one attached hydrogen (secondary N) is 2. The highest BCUT2D eigenvalue weighted by Gasteiger charge is 2.24. The van der Waals surface area contributed by atoms with E-state index in [1.165, 1.54) is 5.56 Å². The van der Waals surface area contributed by atoms with Crippen molar-refractivity contribution < 1.29 is 4.79 Å². The Hall–Kier alpha value is -2.82. The molecule has 1 aromatic rings. The molecule has 0 bridgehead atoms. The van der Waals surface area contributed by atoms with Crippen LogP contribution in [0.1, 0.15) is 32.8 Å². The van der Waals surface area contributed by atoms with Gasteiger partial charge in [0.1, 0.15) is 0 Å². The number of hydrogen-bond acceptors (Lipinski definition) is 4. The third-order valence-corrected chi connectivity index (χ3v) is 4.25. The van der Waals surface area contributed by atoms with Gasteiger partial charge in [-0.05, 0) is 39.8 Å². The summed E-state index contributed by atoms with van der Waals surface area (Å²) < 4.78 is 0. The number of carbonyl (C=O) groups is 1. The number of hydrazone groups is 1. The van der Waals surface area contributed by atoms with Gasteiger partial charge in [-0.3, -0.25) is 4.79 Å². The average molecular weight is 367 g/mol. The average Bonchev–Trinajstić information content (AvgIpc) is 2.70. The van der Waals surface area contributed by atoms with Gasteiger partial charge in [-0.2, -0.15) is 5.10 Å². The summed E-state index contributed by atoms with van der Waals surface area (Å²) in [6.07, 6.45) is 8.55. The molecule has 1 heterocycles. The Morgan fingerprint density at radius 2 is 1.89 bits per heavy atom. The fourth-order valence-corrected chi connectivity index (χ4v) is 2.67. The second kappa shape index (κ2) is 9.21. The predicted octanol–water partition coefficient (Wildman–Crippen LogP) is 3.69. The van der Waals surface area contributed by atoms with Gasteiger partial charge in [-0.25, -0.2) is 5.43 Å². The first-order valence-corrected chi connectivity index (χ1v) is 9.22. The molecule has 1 amide bonds. The zero-order valence-corrected chi connectivity index (χ0v) is 16.7. The maximum Gasteiger partial charge on any atom is 0.259 e. The van der Waals surface area contributed by atoms with Crippen molar-refractivity contribution in [3.05, 3.63) is 66.4 Å². The van der Waals surface area contributed by atoms with Crippen molar-refractivity contribution in [3.8, 4) is 0 Å². The zero-order chi connectivity index (χ0) is 19.9. The number of aryl methyl sites for hydroxylation is 1. The summed E-state index contributed by atoms with van der Waals surface area (Å²) in [6, 6.07) is 8.20. The Balaban J connectivity index is 2.08. The van der Waals surface area contributed by atoms with Crippen molar-refractivity contribution in [2.45, 2.75) is 39.7 Å². The SMILES string of the molecule is C=C1NC/C=C\C=C/C/C1=N/NC(=O)CN(c1ccc(C)cc1)C(C)(C)C. The molecule has 1 aliphatic rings. The minimum absolute atomic E-state index is 0.159. The second-order valence-corrected chi connectivity index (χ2v) is 7.61. The van der Waals surface area contributed by atoms with E-state index in [1.807, 2.05) is 36.4 Å². The molecule has 0 aromatic heterocycles. The van der Waals surface area contributed by atoms with E-state index >= 15 is 0 Å². The minimum atomic E-state index is -0.197. The number of amides is 1. The molecule has 0 atom stereocenters. The molecular formula is C22H30N4O. The largest absolute Gasteiger partial charge is 0.381 e. The van der Waals surface area contributed by atoms with Gasteiger partial charge in [0.25, 0.3) is 5.91 Å². The maximum atomic E-state index is 12.6. The standard InChI is InChI=1S/C22H30N4O/c1-17-11-13-19(14-12-17)26(22(3,4)5)16-21(27)25-24-20-10-8-6-7-9-15-23-18(20)2/h6-9,11-14,23H,2,10,15-16H2,1,3-5H3,(H,25,27)/b8-6-,9-7-,24-20-. The summed E-state index contributed by atoms with van der Waals surface area (Å²) in [5, 5.41) is 7.48. The van der Waals surface area contributed by atoms with E-state index in [0.29, 0.717) is 13.0 Å². The summed E-state index contributed by atoms with van der Waals surface area (Å²) in [6.45, 7) is 13.2. The molecule has 5 nitrogen and oxygen atoms in total. The van der Waals surface area contributed by atoms with E-state index in [1.54, 1.807) is 0 Å². The first-order chi connectivity index (χ1) is 12.8. The lowest BCUT2D eigenvalue weighted by atomic mass is 10.0. The van der Waals surface area contributed by atoms with Gasteiger partial charge in [-0.1, -0.05) is 48.6 Å². The van der Waals surface area contributed by atoms with Crippen molar-refractivity contribution in [1.29, 1.82) is 0 Å². The van der Waals surface area contributed by atoms with Gasteiger partial charge >= 0.3 is 0 Å². The number of benzene rings is 1. The number of hydrogen-bond donors (Lipinski definition) is 2. The number of allylic oxidation sites excluding steroid dienone is 4. The molecule has 0 radical (unpaired) electrons. The number of rotatable bonds is 4. The van der Waals surface area contributed by atoms with Crippen LogP contribution in [0.4, 0.5) is 5.69 Å². The van der Waals surface area contributed by atoms with Crippen LogP contribution < -0.4 is 15.6 Å². The summed E-state index contributed by atoms with van der Waals surface area (Å²) in [5.74, 6) is -0.159. The number of carbonyl (C=O) groups excluding carboxylic acids is 1. The number of nitrogens with zero attached hydrogens (tertiary/aromatic N) is 2. The predicted molar refractivity (Wildman–Crippen MR) is 114 cm³/mol. The summed E-state index contributed by atoms with van der Waals surface area (Å²) >= 11 is 0. The van der Waals surface area contributed by atoms with Crippen molar-refractivity contribution >= 4 is 17.3 Å². The van der Waals surface area contributed by atoms with Crippen molar-refractivity contribution in [2.24, 2.45) is 5.10 Å². The maximum absolute atomic E-state index is 12.6. The van der Waals surface area contributed by atoms with Crippen molar-refractivity contribution in [1.82, 2.24) is 10.7 Å². The van der Waals surface area contributed by atoms with Crippen LogP contribution in [-0.4, -0.2) is 30.2 Å². The Kier molecular flexibility index (Phi) is 6.99. The highest BCUT2D eigenvalue weighted by Crippen LogP contribution is 2.23. The lowest BCUT2D eigenvalue weighted by molar-refractivity contribution is -0.119. The third-order valence-electron chi connectivity index (χ3n) is 4.25. The van der Waals surface area contributed by atoms with Crippen LogP contribution in [0.5, 0.6) is 0 Å². The van der Waals surface area contributed by atoms with E-state index in [0.717, 1.165) is 17.1 Å². The zero-order valence-electron chi connectivity index (χ0n) is 16.7. The third kappa shape index (κ3) is 6.44. The number of anilines is 1. The topological polar surface area (TPSA) is 56.7 Å². The van der Waals surface area contributed by atoms with Gasteiger partial charge in [-0.15, -0.1) is 0 Å². The van der Waals surface area contributed by atoms with E-state index in [4.69, 9.17) is 0 Å². The Morgan fingerprint density at radius 1 is 1.22 bits per heavy atom. The van der Waals surface area contributed by atoms with Crippen molar-refractivity contribution in [2.75, 3.05) is 18.0 Å². The van der Waals surface area contributed by atoms with E-state index < -0.39 is 0 Å². The molecular weight excluding hydrogens is 336 g/mol. The molecule has 0 fully saturated rings. The lowest BCUT2D eigenvalue weighted by Crippen LogP contribution is -2.47. The molecule has 144 valence electrons. The second-order valence-electron chi connectivity index (χ2n) is 7.61. The molecule has 2 N–H and O–H groups in total. The van der Waals surface area contributed by atoms with Gasteiger partial charge in [0.2, 0.25) is 0 Å². The van der Waals surface area contributed by atoms with Gasteiger partial charge < -0.3 is 10.2 Å². The van der Waals surface area contributed by atoms with E-state index in [-0.39, 0.29) is 18.0 Å². The molecule has 0 spiro atoms. The normalized spacial score (nSPS) is 18.7. The Morgan fingerprint density at radius 3 is 2.56 bits per heavy atom. The first-order valence-electron chi connectivity index (χ1n) is 9.22. The molecule has 1 aromatic carbocycles. The Bertz CT molecular complexity index is 752. The van der Waals surface area contributed by atoms with Crippen LogP contribution in [0.3, 0.4) is 0 Å². The molecule has 27 heavy (non-hydrogen) atoms. The molecule has 0 unspecified atom stereocenters. The van der Waals surface area contributed by atoms with Crippen molar-refractivity contribution in [3.63, 3.8) is 0 Å². The minimum Gasteiger partial charge on any atom is -0.381 e. The van der Waals surface area contributed by atoms with E-state index in [9.17, 15) is 4.79 Å². The Labute approximate surface area is 162 Å². The van der Waals surface area contributed by atoms with Crippen LogP contribution in [0.25, 0.3) is 0 Å². The lowest BCUT2D eigenvalue weighted by Gasteiger charge is -2.37. The van der Waals surface area contributed by atoms with E-state index in [2.05, 4.69) is 67.2 Å². The van der Waals surface area contributed by atoms with Gasteiger partial charge in [0, 0.05) is 24.2 Å². The first kappa shape index (κ1) is 20.5. The fraction of sp³-hybridized carbons (Fsp3) is 0.364. The van der Waals surface area contributed by atoms with Crippen LogP contribution >= 0.6 is 0 Å². The molecule has 1 aliphatic heterocycles. The monoisotopic (exact) mass is 366 g/mol. The molecule has 0 saturated carbocycles. The quantitative estimate of drug-likeness (QED) is 0.799. The molecule has 0 saturated heterocycles. The van der Waals surface area contributed by atoms with Gasteiger partial charge in [0.15, 0.2) is 0 Å². The summed E-state index contributed by atoms with van der Waals surface area (Å²) in [5.41, 5.74) is 6.14. The molecule has 5 heteroatoms. The fourth-order valence-electron chi connectivity index (χ4n) is 2.67. The van der Waals surface area contributed by atoms with Gasteiger partial charge in [0.05, 0.1) is 18.0 Å². The summed E-state index contributed by atoms with van der Waals surface area (Å²) in [7, 11) is 0.